The van der Waals surface area contributed by atoms with Crippen LogP contribution >= 0.6 is 0 Å². The Hall–Kier alpha value is -3.21. The number of hydrogen-bond donors (Lipinski definition) is 1. The average Bonchev–Trinajstić information content (AvgIpc) is 2.64. The van der Waals surface area contributed by atoms with E-state index in [2.05, 4.69) is 27.4 Å². The second kappa shape index (κ2) is 7.35. The number of amides is 1. The molecule has 0 atom stereocenters. The Bertz CT molecular complexity index is 897. The van der Waals surface area contributed by atoms with E-state index in [9.17, 15) is 4.79 Å². The molecule has 1 amide bonds. The van der Waals surface area contributed by atoms with Gasteiger partial charge in [0.25, 0.3) is 5.91 Å². The van der Waals surface area contributed by atoms with Gasteiger partial charge in [-0.3, -0.25) is 4.79 Å². The molecule has 0 bridgehead atoms. The normalized spacial score (nSPS) is 10.5. The fourth-order valence-corrected chi connectivity index (χ4v) is 2.94. The molecular formula is C21H22N4O. The van der Waals surface area contributed by atoms with Crippen LogP contribution in [0.1, 0.15) is 27.0 Å². The summed E-state index contributed by atoms with van der Waals surface area (Å²) in [7, 11) is 1.89. The minimum atomic E-state index is -0.214. The Balaban J connectivity index is 1.77. The van der Waals surface area contributed by atoms with Crippen molar-refractivity contribution in [3.63, 3.8) is 0 Å². The maximum Gasteiger partial charge on any atom is 0.258 e. The predicted molar refractivity (Wildman–Crippen MR) is 105 cm³/mol. The van der Waals surface area contributed by atoms with Crippen molar-refractivity contribution in [3.05, 3.63) is 77.1 Å². The van der Waals surface area contributed by atoms with E-state index < -0.39 is 0 Å². The molecule has 0 aliphatic heterocycles. The summed E-state index contributed by atoms with van der Waals surface area (Å²) in [6, 6.07) is 13.9. The van der Waals surface area contributed by atoms with Crippen molar-refractivity contribution in [2.24, 2.45) is 0 Å². The number of benzene rings is 2. The minimum Gasteiger partial charge on any atom is -0.321 e. The highest BCUT2D eigenvalue weighted by atomic mass is 16.1. The Morgan fingerprint density at radius 3 is 2.12 bits per heavy atom. The zero-order chi connectivity index (χ0) is 18.7. The van der Waals surface area contributed by atoms with Gasteiger partial charge in [0.05, 0.1) is 5.56 Å². The van der Waals surface area contributed by atoms with Gasteiger partial charge >= 0.3 is 0 Å². The molecule has 0 saturated carbocycles. The molecular weight excluding hydrogens is 324 g/mol. The number of para-hydroxylation sites is 1. The Labute approximate surface area is 153 Å². The van der Waals surface area contributed by atoms with E-state index in [0.717, 1.165) is 22.5 Å². The molecule has 0 saturated heterocycles. The van der Waals surface area contributed by atoms with E-state index in [-0.39, 0.29) is 5.91 Å². The number of nitrogens with zero attached hydrogens (tertiary/aromatic N) is 3. The Kier molecular flexibility index (Phi) is 4.98. The highest BCUT2D eigenvalue weighted by molar-refractivity contribution is 6.04. The van der Waals surface area contributed by atoms with Crippen molar-refractivity contribution < 1.29 is 4.79 Å². The summed E-state index contributed by atoms with van der Waals surface area (Å²) < 4.78 is 0. The molecule has 5 heteroatoms. The first-order valence-corrected chi connectivity index (χ1v) is 8.45. The standard InChI is InChI=1S/C21H22N4O/c1-14-10-15(2)19(16(3)11-14)24-20(26)17-12-22-21(23-13-17)25(4)18-8-6-5-7-9-18/h5-13H,1-4H3,(H,24,26). The molecule has 5 nitrogen and oxygen atoms in total. The van der Waals surface area contributed by atoms with Crippen molar-refractivity contribution in [3.8, 4) is 0 Å². The molecule has 3 rings (SSSR count). The molecule has 2 aromatic carbocycles. The van der Waals surface area contributed by atoms with E-state index in [4.69, 9.17) is 0 Å². The van der Waals surface area contributed by atoms with Crippen LogP contribution in [0.3, 0.4) is 0 Å². The molecule has 26 heavy (non-hydrogen) atoms. The summed E-state index contributed by atoms with van der Waals surface area (Å²) in [5, 5.41) is 2.97. The van der Waals surface area contributed by atoms with Gasteiger partial charge in [-0.05, 0) is 44.0 Å². The lowest BCUT2D eigenvalue weighted by Gasteiger charge is -2.17. The predicted octanol–water partition coefficient (Wildman–Crippen LogP) is 4.42. The van der Waals surface area contributed by atoms with Crippen LogP contribution in [-0.4, -0.2) is 22.9 Å². The maximum atomic E-state index is 12.5. The lowest BCUT2D eigenvalue weighted by atomic mass is 10.0. The molecule has 0 radical (unpaired) electrons. The van der Waals surface area contributed by atoms with E-state index >= 15 is 0 Å². The maximum absolute atomic E-state index is 12.5. The lowest BCUT2D eigenvalue weighted by Crippen LogP contribution is -2.17. The van der Waals surface area contributed by atoms with Crippen LogP contribution in [0, 0.1) is 20.8 Å². The molecule has 0 aliphatic carbocycles. The molecule has 132 valence electrons. The van der Waals surface area contributed by atoms with Gasteiger partial charge in [-0.15, -0.1) is 0 Å². The summed E-state index contributed by atoms with van der Waals surface area (Å²) >= 11 is 0. The van der Waals surface area contributed by atoms with Gasteiger partial charge in [0.2, 0.25) is 5.95 Å². The van der Waals surface area contributed by atoms with Crippen LogP contribution in [0.5, 0.6) is 0 Å². The second-order valence-corrected chi connectivity index (χ2v) is 6.39. The van der Waals surface area contributed by atoms with E-state index in [1.807, 2.05) is 63.1 Å². The van der Waals surface area contributed by atoms with Gasteiger partial charge < -0.3 is 10.2 Å². The lowest BCUT2D eigenvalue weighted by molar-refractivity contribution is 0.102. The highest BCUT2D eigenvalue weighted by Gasteiger charge is 2.13. The van der Waals surface area contributed by atoms with Crippen molar-refractivity contribution in [2.45, 2.75) is 20.8 Å². The summed E-state index contributed by atoms with van der Waals surface area (Å²) in [6.45, 7) is 6.02. The average molecular weight is 346 g/mol. The zero-order valence-electron chi connectivity index (χ0n) is 15.4. The Morgan fingerprint density at radius 2 is 1.54 bits per heavy atom. The van der Waals surface area contributed by atoms with Crippen LogP contribution in [0.15, 0.2) is 54.9 Å². The number of rotatable bonds is 4. The fraction of sp³-hybridized carbons (Fsp3) is 0.190. The smallest absolute Gasteiger partial charge is 0.258 e. The van der Waals surface area contributed by atoms with Crippen molar-refractivity contribution in [1.29, 1.82) is 0 Å². The minimum absolute atomic E-state index is 0.214. The van der Waals surface area contributed by atoms with Crippen LogP contribution in [0.4, 0.5) is 17.3 Å². The number of anilines is 3. The quantitative estimate of drug-likeness (QED) is 0.759. The monoisotopic (exact) mass is 346 g/mol. The molecule has 0 unspecified atom stereocenters. The van der Waals surface area contributed by atoms with Gasteiger partial charge in [-0.1, -0.05) is 35.9 Å². The van der Waals surface area contributed by atoms with Crippen LogP contribution in [-0.2, 0) is 0 Å². The number of aryl methyl sites for hydroxylation is 3. The Morgan fingerprint density at radius 1 is 0.962 bits per heavy atom. The highest BCUT2D eigenvalue weighted by Crippen LogP contribution is 2.23. The summed E-state index contributed by atoms with van der Waals surface area (Å²) in [5.41, 5.74) is 5.50. The van der Waals surface area contributed by atoms with Crippen molar-refractivity contribution >= 4 is 23.2 Å². The molecule has 3 aromatic rings. The number of carbonyl (C=O) groups is 1. The van der Waals surface area contributed by atoms with Gasteiger partial charge in [0.1, 0.15) is 0 Å². The van der Waals surface area contributed by atoms with Gasteiger partial charge in [0, 0.05) is 30.8 Å². The summed E-state index contributed by atoms with van der Waals surface area (Å²) in [6.07, 6.45) is 3.10. The molecule has 1 heterocycles. The van der Waals surface area contributed by atoms with Gasteiger partial charge in [-0.2, -0.15) is 0 Å². The molecule has 0 aliphatic rings. The topological polar surface area (TPSA) is 58.1 Å². The summed E-state index contributed by atoms with van der Waals surface area (Å²) in [5.74, 6) is 0.324. The van der Waals surface area contributed by atoms with E-state index in [0.29, 0.717) is 11.5 Å². The zero-order valence-corrected chi connectivity index (χ0v) is 15.4. The third-order valence-electron chi connectivity index (χ3n) is 4.26. The number of aromatic nitrogens is 2. The molecule has 1 aromatic heterocycles. The van der Waals surface area contributed by atoms with E-state index in [1.165, 1.54) is 5.56 Å². The molecule has 0 spiro atoms. The number of nitrogens with one attached hydrogen (secondary N) is 1. The molecule has 0 fully saturated rings. The van der Waals surface area contributed by atoms with Crippen molar-refractivity contribution in [2.75, 3.05) is 17.3 Å². The number of carbonyl (C=O) groups excluding carboxylic acids is 1. The summed E-state index contributed by atoms with van der Waals surface area (Å²) in [4.78, 5) is 23.1. The van der Waals surface area contributed by atoms with Crippen LogP contribution < -0.4 is 10.2 Å². The van der Waals surface area contributed by atoms with Crippen molar-refractivity contribution in [1.82, 2.24) is 9.97 Å². The first-order chi connectivity index (χ1) is 12.5. The largest absolute Gasteiger partial charge is 0.321 e. The van der Waals surface area contributed by atoms with Gasteiger partial charge in [0.15, 0.2) is 0 Å². The molecule has 1 N–H and O–H groups in total. The van der Waals surface area contributed by atoms with Crippen LogP contribution in [0.25, 0.3) is 0 Å². The third kappa shape index (κ3) is 3.72. The van der Waals surface area contributed by atoms with Crippen LogP contribution in [0.2, 0.25) is 0 Å². The third-order valence-corrected chi connectivity index (χ3v) is 4.26. The number of hydrogen-bond acceptors (Lipinski definition) is 4. The first kappa shape index (κ1) is 17.6. The SMILES string of the molecule is Cc1cc(C)c(NC(=O)c2cnc(N(C)c3ccccc3)nc2)c(C)c1. The van der Waals surface area contributed by atoms with E-state index in [1.54, 1.807) is 12.4 Å². The van der Waals surface area contributed by atoms with Gasteiger partial charge in [-0.25, -0.2) is 9.97 Å². The fourth-order valence-electron chi connectivity index (χ4n) is 2.94. The second-order valence-electron chi connectivity index (χ2n) is 6.39. The first-order valence-electron chi connectivity index (χ1n) is 8.45.